The zero-order valence-electron chi connectivity index (χ0n) is 15.6. The van der Waals surface area contributed by atoms with Crippen molar-refractivity contribution in [2.75, 3.05) is 44.5 Å². The molecular formula is C17H20N6O3S2. The number of rotatable bonds is 5. The van der Waals surface area contributed by atoms with Crippen LogP contribution in [0.2, 0.25) is 0 Å². The van der Waals surface area contributed by atoms with E-state index in [4.69, 9.17) is 14.7 Å². The lowest BCUT2D eigenvalue weighted by molar-refractivity contribution is 0.122. The molecule has 28 heavy (non-hydrogen) atoms. The Kier molecular flexibility index (Phi) is 5.23. The quantitative estimate of drug-likeness (QED) is 0.610. The summed E-state index contributed by atoms with van der Waals surface area (Å²) >= 11 is 1.47. The molecule has 9 nitrogen and oxygen atoms in total. The molecule has 0 saturated carbocycles. The van der Waals surface area contributed by atoms with Gasteiger partial charge in [-0.3, -0.25) is 0 Å². The van der Waals surface area contributed by atoms with Crippen molar-refractivity contribution in [3.05, 3.63) is 29.7 Å². The molecule has 1 saturated heterocycles. The van der Waals surface area contributed by atoms with Crippen LogP contribution in [-0.4, -0.2) is 72.3 Å². The van der Waals surface area contributed by atoms with E-state index >= 15 is 0 Å². The fourth-order valence-electron chi connectivity index (χ4n) is 2.93. The van der Waals surface area contributed by atoms with Gasteiger partial charge < -0.3 is 9.64 Å². The minimum Gasteiger partial charge on any atom is -0.378 e. The normalized spacial score (nSPS) is 15.5. The molecule has 1 fully saturated rings. The van der Waals surface area contributed by atoms with Crippen molar-refractivity contribution in [3.63, 3.8) is 0 Å². The van der Waals surface area contributed by atoms with E-state index < -0.39 is 10.0 Å². The van der Waals surface area contributed by atoms with Gasteiger partial charge in [-0.2, -0.15) is 0 Å². The van der Waals surface area contributed by atoms with Crippen LogP contribution < -0.4 is 4.90 Å². The molecule has 0 spiro atoms. The van der Waals surface area contributed by atoms with Crippen LogP contribution in [-0.2, 0) is 21.3 Å². The summed E-state index contributed by atoms with van der Waals surface area (Å²) in [6.45, 7) is 3.06. The molecule has 0 N–H and O–H groups in total. The first-order valence-corrected chi connectivity index (χ1v) is 11.4. The first-order chi connectivity index (χ1) is 13.4. The van der Waals surface area contributed by atoms with E-state index in [-0.39, 0.29) is 0 Å². The molecule has 4 rings (SSSR count). The van der Waals surface area contributed by atoms with Crippen LogP contribution in [0.25, 0.3) is 21.6 Å². The summed E-state index contributed by atoms with van der Waals surface area (Å²) in [5.41, 5.74) is 0.738. The van der Waals surface area contributed by atoms with Gasteiger partial charge >= 0.3 is 0 Å². The molecule has 0 aromatic carbocycles. The third-order valence-electron chi connectivity index (χ3n) is 4.50. The molecule has 3 aromatic rings. The molecule has 1 aliphatic rings. The van der Waals surface area contributed by atoms with Gasteiger partial charge in [-0.15, -0.1) is 11.3 Å². The minimum absolute atomic E-state index is 0.298. The third-order valence-corrected chi connectivity index (χ3v) is 6.77. The molecule has 0 amide bonds. The second-order valence-electron chi connectivity index (χ2n) is 6.55. The van der Waals surface area contributed by atoms with E-state index in [2.05, 4.69) is 14.9 Å². The summed E-state index contributed by atoms with van der Waals surface area (Å²) in [6.07, 6.45) is 6.04. The first-order valence-electron chi connectivity index (χ1n) is 8.71. The Bertz CT molecular complexity index is 1080. The Hall–Kier alpha value is -2.21. The first kappa shape index (κ1) is 19.1. The number of morpholine rings is 1. The number of thiophene rings is 1. The van der Waals surface area contributed by atoms with Crippen LogP contribution in [0, 0.1) is 0 Å². The van der Waals surface area contributed by atoms with Crippen molar-refractivity contribution in [1.29, 1.82) is 0 Å². The van der Waals surface area contributed by atoms with Gasteiger partial charge in [-0.1, -0.05) is 0 Å². The van der Waals surface area contributed by atoms with Crippen molar-refractivity contribution in [2.24, 2.45) is 0 Å². The SMILES string of the molecule is CN(Cc1cc2c(N3CCOCC3)nc(-c3cncnc3)nc2s1)S(C)(=O)=O. The van der Waals surface area contributed by atoms with Crippen molar-refractivity contribution < 1.29 is 13.2 Å². The second-order valence-corrected chi connectivity index (χ2v) is 9.75. The Labute approximate surface area is 167 Å². The van der Waals surface area contributed by atoms with Crippen molar-refractivity contribution in [2.45, 2.75) is 6.54 Å². The predicted molar refractivity (Wildman–Crippen MR) is 108 cm³/mol. The summed E-state index contributed by atoms with van der Waals surface area (Å²) < 4.78 is 30.3. The number of anilines is 1. The summed E-state index contributed by atoms with van der Waals surface area (Å²) in [7, 11) is -1.69. The number of aromatic nitrogens is 4. The summed E-state index contributed by atoms with van der Waals surface area (Å²) in [4.78, 5) is 21.5. The molecule has 1 aliphatic heterocycles. The summed E-state index contributed by atoms with van der Waals surface area (Å²) in [5, 5.41) is 0.921. The van der Waals surface area contributed by atoms with Crippen LogP contribution in [0.3, 0.4) is 0 Å². The Morgan fingerprint density at radius 3 is 2.61 bits per heavy atom. The van der Waals surface area contributed by atoms with Gasteiger partial charge in [0, 0.05) is 44.0 Å². The van der Waals surface area contributed by atoms with Crippen LogP contribution in [0.15, 0.2) is 24.8 Å². The molecule has 0 bridgehead atoms. The molecule has 0 unspecified atom stereocenters. The van der Waals surface area contributed by atoms with Gasteiger partial charge in [0.25, 0.3) is 0 Å². The fraction of sp³-hybridized carbons (Fsp3) is 0.412. The molecule has 148 valence electrons. The van der Waals surface area contributed by atoms with Gasteiger partial charge in [-0.05, 0) is 6.07 Å². The van der Waals surface area contributed by atoms with E-state index in [1.165, 1.54) is 28.2 Å². The summed E-state index contributed by atoms with van der Waals surface area (Å²) in [5.74, 6) is 1.39. The highest BCUT2D eigenvalue weighted by atomic mass is 32.2. The monoisotopic (exact) mass is 420 g/mol. The topological polar surface area (TPSA) is 101 Å². The van der Waals surface area contributed by atoms with Crippen molar-refractivity contribution >= 4 is 37.4 Å². The van der Waals surface area contributed by atoms with Crippen molar-refractivity contribution in [3.8, 4) is 11.4 Å². The number of sulfonamides is 1. The molecule has 0 radical (unpaired) electrons. The Morgan fingerprint density at radius 2 is 1.93 bits per heavy atom. The lowest BCUT2D eigenvalue weighted by Gasteiger charge is -2.28. The van der Waals surface area contributed by atoms with Gasteiger partial charge in [-0.25, -0.2) is 32.7 Å². The standard InChI is InChI=1S/C17H20N6O3S2/c1-22(28(2,24)25)10-13-7-14-16(23-3-5-26-6-4-23)20-15(21-17(14)27-13)12-8-18-11-19-9-12/h7-9,11H,3-6,10H2,1-2H3. The zero-order valence-corrected chi connectivity index (χ0v) is 17.2. The molecule has 0 aliphatic carbocycles. The average molecular weight is 421 g/mol. The van der Waals surface area contributed by atoms with Gasteiger partial charge in [0.1, 0.15) is 17.0 Å². The van der Waals surface area contributed by atoms with Gasteiger partial charge in [0.05, 0.1) is 30.4 Å². The van der Waals surface area contributed by atoms with E-state index in [0.717, 1.165) is 39.6 Å². The maximum absolute atomic E-state index is 11.8. The predicted octanol–water partition coefficient (Wildman–Crippen LogP) is 1.38. The highest BCUT2D eigenvalue weighted by molar-refractivity contribution is 7.88. The molecule has 3 aromatic heterocycles. The molecule has 4 heterocycles. The van der Waals surface area contributed by atoms with Crippen LogP contribution in [0.1, 0.15) is 4.88 Å². The van der Waals surface area contributed by atoms with Crippen LogP contribution in [0.5, 0.6) is 0 Å². The van der Waals surface area contributed by atoms with E-state index in [1.54, 1.807) is 19.4 Å². The fourth-order valence-corrected chi connectivity index (χ4v) is 4.46. The van der Waals surface area contributed by atoms with Gasteiger partial charge in [0.15, 0.2) is 5.82 Å². The zero-order chi connectivity index (χ0) is 19.7. The van der Waals surface area contributed by atoms with Crippen LogP contribution in [0.4, 0.5) is 5.82 Å². The van der Waals surface area contributed by atoms with E-state index in [0.29, 0.717) is 25.6 Å². The lowest BCUT2D eigenvalue weighted by atomic mass is 10.2. The second kappa shape index (κ2) is 7.66. The number of ether oxygens (including phenoxy) is 1. The Morgan fingerprint density at radius 1 is 1.21 bits per heavy atom. The van der Waals surface area contributed by atoms with E-state index in [1.807, 2.05) is 6.07 Å². The summed E-state index contributed by atoms with van der Waals surface area (Å²) in [6, 6.07) is 1.98. The lowest BCUT2D eigenvalue weighted by Crippen LogP contribution is -2.37. The third kappa shape index (κ3) is 3.97. The Balaban J connectivity index is 1.80. The van der Waals surface area contributed by atoms with E-state index in [9.17, 15) is 8.42 Å². The van der Waals surface area contributed by atoms with Gasteiger partial charge in [0.2, 0.25) is 10.0 Å². The smallest absolute Gasteiger partial charge is 0.211 e. The number of nitrogens with zero attached hydrogens (tertiary/aromatic N) is 6. The van der Waals surface area contributed by atoms with Crippen molar-refractivity contribution in [1.82, 2.24) is 24.2 Å². The number of hydrogen-bond donors (Lipinski definition) is 0. The largest absolute Gasteiger partial charge is 0.378 e. The molecule has 0 atom stereocenters. The van der Waals surface area contributed by atoms with Crippen LogP contribution >= 0.6 is 11.3 Å². The minimum atomic E-state index is -3.26. The highest BCUT2D eigenvalue weighted by Crippen LogP contribution is 2.34. The highest BCUT2D eigenvalue weighted by Gasteiger charge is 2.21. The molecular weight excluding hydrogens is 400 g/mol. The maximum atomic E-state index is 11.8. The number of hydrogen-bond acceptors (Lipinski definition) is 9. The molecule has 11 heteroatoms. The average Bonchev–Trinajstić information content (AvgIpc) is 3.10. The number of fused-ring (bicyclic) bond motifs is 1. The maximum Gasteiger partial charge on any atom is 0.211 e.